The Bertz CT molecular complexity index is 1310. The Morgan fingerprint density at radius 2 is 1.80 bits per heavy atom. The van der Waals surface area contributed by atoms with Crippen LogP contribution in [0.5, 0.6) is 23.1 Å². The zero-order valence-electron chi connectivity index (χ0n) is 20.5. The molecule has 2 aromatic carbocycles. The van der Waals surface area contributed by atoms with Gasteiger partial charge in [-0.1, -0.05) is 36.8 Å². The van der Waals surface area contributed by atoms with Gasteiger partial charge in [-0.25, -0.2) is 0 Å². The largest absolute Gasteiger partial charge is 0.507 e. The number of fused-ring (bicyclic) bond motifs is 1. The van der Waals surface area contributed by atoms with E-state index in [0.29, 0.717) is 40.3 Å². The molecule has 0 fully saturated rings. The van der Waals surface area contributed by atoms with Crippen molar-refractivity contribution in [2.24, 2.45) is 0 Å². The molecule has 4 rings (SSSR count). The summed E-state index contributed by atoms with van der Waals surface area (Å²) in [6, 6.07) is 7.45. The second-order valence-electron chi connectivity index (χ2n) is 9.31. The third kappa shape index (κ3) is 4.93. The quantitative estimate of drug-likeness (QED) is 0.388. The second kappa shape index (κ2) is 9.77. The predicted octanol–water partition coefficient (Wildman–Crippen LogP) is 5.34. The van der Waals surface area contributed by atoms with Crippen LogP contribution in [0, 0.1) is 20.8 Å². The van der Waals surface area contributed by atoms with E-state index in [4.69, 9.17) is 9.47 Å². The monoisotopic (exact) mass is 497 g/mol. The zero-order chi connectivity index (χ0) is 25.3. The summed E-state index contributed by atoms with van der Waals surface area (Å²) in [7, 11) is 0. The number of hydrogen-bond donors (Lipinski definition) is 3. The van der Waals surface area contributed by atoms with Gasteiger partial charge in [0, 0.05) is 12.0 Å². The first-order valence-corrected chi connectivity index (χ1v) is 12.6. The van der Waals surface area contributed by atoms with Gasteiger partial charge < -0.3 is 19.7 Å². The van der Waals surface area contributed by atoms with Crippen LogP contribution in [0.1, 0.15) is 70.1 Å². The number of hydrogen-bond acceptors (Lipinski definition) is 7. The number of ether oxygens (including phenoxy) is 2. The average Bonchev–Trinajstić information content (AvgIpc) is 3.15. The number of aromatic hydroxyl groups is 2. The molecule has 7 nitrogen and oxygen atoms in total. The Morgan fingerprint density at radius 1 is 1.09 bits per heavy atom. The number of thiazole rings is 1. The molecular weight excluding hydrogens is 466 g/mol. The lowest BCUT2D eigenvalue weighted by Crippen LogP contribution is -2.47. The van der Waals surface area contributed by atoms with E-state index in [1.54, 1.807) is 6.92 Å². The maximum absolute atomic E-state index is 13.3. The van der Waals surface area contributed by atoms with Crippen LogP contribution in [0.2, 0.25) is 0 Å². The summed E-state index contributed by atoms with van der Waals surface area (Å²) in [6.07, 6.45) is 3.16. The highest BCUT2D eigenvalue weighted by Crippen LogP contribution is 2.44. The SMILES string of the molecule is CCCCC1(COc2ccc(Cc3sc(=O)[nH]c3O)cc2)CC(=O)c2c(C)c(O)c(C)c(C)c2O1. The number of ketones is 1. The van der Waals surface area contributed by atoms with E-state index in [0.717, 1.165) is 40.9 Å². The van der Waals surface area contributed by atoms with Gasteiger partial charge in [0.1, 0.15) is 23.9 Å². The Hall–Kier alpha value is -3.26. The summed E-state index contributed by atoms with van der Waals surface area (Å²) in [5, 5.41) is 20.3. The summed E-state index contributed by atoms with van der Waals surface area (Å²) in [6.45, 7) is 7.77. The Kier molecular flexibility index (Phi) is 6.94. The van der Waals surface area contributed by atoms with Crippen molar-refractivity contribution in [1.82, 2.24) is 4.98 Å². The smallest absolute Gasteiger partial charge is 0.307 e. The number of rotatable bonds is 8. The lowest BCUT2D eigenvalue weighted by atomic mass is 9.83. The van der Waals surface area contributed by atoms with Gasteiger partial charge in [-0.05, 0) is 62.4 Å². The minimum Gasteiger partial charge on any atom is -0.507 e. The van der Waals surface area contributed by atoms with Crippen molar-refractivity contribution in [1.29, 1.82) is 0 Å². The molecule has 186 valence electrons. The van der Waals surface area contributed by atoms with Crippen molar-refractivity contribution in [3.8, 4) is 23.1 Å². The molecule has 35 heavy (non-hydrogen) atoms. The fraction of sp³-hybridized carbons (Fsp3) is 0.407. The van der Waals surface area contributed by atoms with Gasteiger partial charge >= 0.3 is 4.87 Å². The Morgan fingerprint density at radius 3 is 2.43 bits per heavy atom. The van der Waals surface area contributed by atoms with E-state index < -0.39 is 5.60 Å². The molecule has 0 aliphatic carbocycles. The van der Waals surface area contributed by atoms with Crippen molar-refractivity contribution >= 4 is 17.1 Å². The summed E-state index contributed by atoms with van der Waals surface area (Å²) in [5.74, 6) is 1.21. The maximum atomic E-state index is 13.3. The number of carbonyl (C=O) groups excluding carboxylic acids is 1. The molecule has 0 saturated carbocycles. The molecule has 0 spiro atoms. The van der Waals surface area contributed by atoms with Crippen molar-refractivity contribution in [2.75, 3.05) is 6.61 Å². The summed E-state index contributed by atoms with van der Waals surface area (Å²) < 4.78 is 12.7. The van der Waals surface area contributed by atoms with Crippen LogP contribution < -0.4 is 14.3 Å². The fourth-order valence-electron chi connectivity index (χ4n) is 4.57. The van der Waals surface area contributed by atoms with Gasteiger partial charge in [-0.3, -0.25) is 14.6 Å². The lowest BCUT2D eigenvalue weighted by Gasteiger charge is -2.39. The van der Waals surface area contributed by atoms with Crippen molar-refractivity contribution in [2.45, 2.75) is 65.4 Å². The average molecular weight is 498 g/mol. The first-order valence-electron chi connectivity index (χ1n) is 11.8. The molecule has 2 heterocycles. The number of phenolic OH excluding ortho intramolecular Hbond substituents is 1. The van der Waals surface area contributed by atoms with Crippen molar-refractivity contribution < 1.29 is 24.5 Å². The molecule has 0 saturated heterocycles. The number of unbranched alkanes of at least 4 members (excludes halogenated alkanes) is 1. The molecule has 3 aromatic rings. The number of Topliss-reactive ketones (excluding diaryl/α,β-unsaturated/α-hetero) is 1. The topological polar surface area (TPSA) is 109 Å². The van der Waals surface area contributed by atoms with E-state index in [9.17, 15) is 19.8 Å². The second-order valence-corrected chi connectivity index (χ2v) is 10.4. The van der Waals surface area contributed by atoms with Gasteiger partial charge in [0.2, 0.25) is 5.88 Å². The molecule has 0 radical (unpaired) electrons. The lowest BCUT2D eigenvalue weighted by molar-refractivity contribution is -0.00305. The third-order valence-corrected chi connectivity index (χ3v) is 7.64. The Balaban J connectivity index is 1.55. The molecule has 1 unspecified atom stereocenters. The Labute approximate surface area is 208 Å². The van der Waals surface area contributed by atoms with E-state index in [1.807, 2.05) is 38.1 Å². The summed E-state index contributed by atoms with van der Waals surface area (Å²) >= 11 is 0.992. The van der Waals surface area contributed by atoms with Crippen LogP contribution in [0.25, 0.3) is 0 Å². The zero-order valence-corrected chi connectivity index (χ0v) is 21.3. The molecule has 1 aliphatic heterocycles. The first-order chi connectivity index (χ1) is 16.6. The van der Waals surface area contributed by atoms with E-state index in [1.165, 1.54) is 0 Å². The van der Waals surface area contributed by atoms with E-state index in [2.05, 4.69) is 11.9 Å². The number of aromatic nitrogens is 1. The number of benzene rings is 2. The third-order valence-electron chi connectivity index (χ3n) is 6.77. The molecule has 1 aromatic heterocycles. The van der Waals surface area contributed by atoms with Gasteiger partial charge in [0.25, 0.3) is 0 Å². The van der Waals surface area contributed by atoms with Gasteiger partial charge in [0.05, 0.1) is 16.9 Å². The molecule has 3 N–H and O–H groups in total. The predicted molar refractivity (Wildman–Crippen MR) is 135 cm³/mol. The standard InChI is InChI=1S/C27H31NO6S/c1-5-6-11-27(13-20(29)22-17(4)23(30)15(2)16(3)24(22)34-27)14-33-19-9-7-18(8-10-19)12-21-25(31)28-26(32)35-21/h7-10,30-31H,5-6,11-14H2,1-4H3,(H,28,32). The molecular formula is C27H31NO6S. The number of nitrogens with one attached hydrogen (secondary N) is 1. The molecule has 0 bridgehead atoms. The number of phenols is 1. The molecule has 0 amide bonds. The highest BCUT2D eigenvalue weighted by molar-refractivity contribution is 7.09. The molecule has 8 heteroatoms. The van der Waals surface area contributed by atoms with Crippen LogP contribution in [0.3, 0.4) is 0 Å². The van der Waals surface area contributed by atoms with E-state index >= 15 is 0 Å². The fourth-order valence-corrected chi connectivity index (χ4v) is 5.33. The van der Waals surface area contributed by atoms with Gasteiger partial charge in [-0.2, -0.15) is 0 Å². The number of carbonyl (C=O) groups is 1. The first kappa shape index (κ1) is 24.9. The highest BCUT2D eigenvalue weighted by atomic mass is 32.1. The molecule has 1 atom stereocenters. The minimum atomic E-state index is -0.789. The van der Waals surface area contributed by atoms with Crippen molar-refractivity contribution in [3.05, 3.63) is 66.6 Å². The van der Waals surface area contributed by atoms with Crippen LogP contribution >= 0.6 is 11.3 Å². The maximum Gasteiger partial charge on any atom is 0.307 e. The van der Waals surface area contributed by atoms with Crippen molar-refractivity contribution in [3.63, 3.8) is 0 Å². The van der Waals surface area contributed by atoms with Gasteiger partial charge in [-0.15, -0.1) is 0 Å². The molecule has 1 aliphatic rings. The van der Waals surface area contributed by atoms with Crippen LogP contribution in [0.4, 0.5) is 0 Å². The van der Waals surface area contributed by atoms with E-state index in [-0.39, 0.29) is 35.3 Å². The normalized spacial score (nSPS) is 17.2. The highest BCUT2D eigenvalue weighted by Gasteiger charge is 2.43. The number of H-pyrrole nitrogens is 1. The summed E-state index contributed by atoms with van der Waals surface area (Å²) in [5.41, 5.74) is 2.67. The van der Waals surface area contributed by atoms with Crippen LogP contribution in [-0.4, -0.2) is 33.2 Å². The van der Waals surface area contributed by atoms with Gasteiger partial charge in [0.15, 0.2) is 11.4 Å². The van der Waals surface area contributed by atoms with Crippen LogP contribution in [-0.2, 0) is 6.42 Å². The van der Waals surface area contributed by atoms with Crippen LogP contribution in [0.15, 0.2) is 29.1 Å². The number of aromatic amines is 1. The minimum absolute atomic E-state index is 0.0393. The summed E-state index contributed by atoms with van der Waals surface area (Å²) in [4.78, 5) is 27.4.